The van der Waals surface area contributed by atoms with E-state index in [0.29, 0.717) is 51.4 Å². The number of esters is 1. The minimum atomic E-state index is -4.73. The Kier molecular flexibility index (Phi) is 19.6. The molecular weight excluding hydrogens is 929 g/mol. The van der Waals surface area contributed by atoms with E-state index in [2.05, 4.69) is 19.4 Å². The monoisotopic (exact) mass is 970 g/mol. The van der Waals surface area contributed by atoms with Crippen molar-refractivity contribution >= 4 is 43.4 Å². The van der Waals surface area contributed by atoms with Gasteiger partial charge in [0.05, 0.1) is 67.3 Å². The number of aromatic nitrogens is 2. The van der Waals surface area contributed by atoms with E-state index in [1.54, 1.807) is 67.0 Å². The molecule has 0 bridgehead atoms. The van der Waals surface area contributed by atoms with Crippen LogP contribution in [-0.2, 0) is 41.9 Å². The van der Waals surface area contributed by atoms with Gasteiger partial charge in [-0.05, 0) is 82.9 Å². The van der Waals surface area contributed by atoms with Crippen molar-refractivity contribution in [2.45, 2.75) is 34.2 Å². The van der Waals surface area contributed by atoms with Crippen LogP contribution in [0, 0.1) is 0 Å². The second-order valence-electron chi connectivity index (χ2n) is 13.4. The number of hydrogen-bond acceptors (Lipinski definition) is 11. The molecule has 0 amide bonds. The molecule has 4 aromatic carbocycles. The number of alkyl halides is 6. The maximum Gasteiger partial charge on any atom is 1.00 e. The Morgan fingerprint density at radius 1 is 0.652 bits per heavy atom. The van der Waals surface area contributed by atoms with Crippen LogP contribution in [-0.4, -0.2) is 83.2 Å². The van der Waals surface area contributed by atoms with E-state index in [1.165, 1.54) is 32.7 Å². The van der Waals surface area contributed by atoms with Crippen LogP contribution in [0.15, 0.2) is 144 Å². The number of carbonyl (C=O) groups excluding carboxylic acids is 1. The number of hydrogen-bond donors (Lipinski definition) is 3. The van der Waals surface area contributed by atoms with Crippen LogP contribution in [0.25, 0.3) is 22.3 Å². The molecule has 6 rings (SSSR count). The first kappa shape index (κ1) is 55.1. The molecule has 3 N–H and O–H groups in total. The third kappa shape index (κ3) is 13.9. The molecule has 0 aliphatic heterocycles. The molecule has 23 heteroatoms. The van der Waals surface area contributed by atoms with Crippen LogP contribution in [0.2, 0.25) is 0 Å². The minimum Gasteiger partial charge on any atom is -1.00 e. The van der Waals surface area contributed by atoms with Gasteiger partial charge in [-0.25, -0.2) is 26.4 Å². The molecule has 2 aromatic heterocycles. The number of carbonyl (C=O) groups is 1. The van der Waals surface area contributed by atoms with E-state index in [-0.39, 0.29) is 43.2 Å². The zero-order valence-electron chi connectivity index (χ0n) is 35.8. The van der Waals surface area contributed by atoms with E-state index < -0.39 is 78.0 Å². The third-order valence-electron chi connectivity index (χ3n) is 9.27. The first-order valence-corrected chi connectivity index (χ1v) is 21.4. The van der Waals surface area contributed by atoms with Crippen molar-refractivity contribution in [1.82, 2.24) is 19.4 Å². The average Bonchev–Trinajstić information content (AvgIpc) is 3.29. The molecule has 2 heterocycles. The van der Waals surface area contributed by atoms with Crippen molar-refractivity contribution in [3.05, 3.63) is 156 Å². The van der Waals surface area contributed by atoms with E-state index in [0.717, 1.165) is 43.5 Å². The first-order valence-electron chi connectivity index (χ1n) is 18.5. The Balaban J connectivity index is 0.000000441. The minimum absolute atomic E-state index is 0. The Bertz CT molecular complexity index is 2830. The number of rotatable bonds is 14. The summed E-state index contributed by atoms with van der Waals surface area (Å²) in [6.07, 6.45) is -3.27. The molecule has 346 valence electrons. The van der Waals surface area contributed by atoms with Crippen molar-refractivity contribution in [3.8, 4) is 33.8 Å². The number of pyridine rings is 2. The van der Waals surface area contributed by atoms with Gasteiger partial charge in [0.1, 0.15) is 17.5 Å². The Labute approximate surface area is 400 Å². The normalized spacial score (nSPS) is 12.5. The van der Waals surface area contributed by atoms with Gasteiger partial charge in [0.2, 0.25) is 20.0 Å². The molecule has 66 heavy (non-hydrogen) atoms. The summed E-state index contributed by atoms with van der Waals surface area (Å²) in [5.74, 6) is 0.0166. The van der Waals surface area contributed by atoms with Gasteiger partial charge in [-0.15, -0.1) is 0 Å². The van der Waals surface area contributed by atoms with Crippen LogP contribution in [0.4, 0.5) is 26.3 Å². The molecule has 0 aliphatic carbocycles. The summed E-state index contributed by atoms with van der Waals surface area (Å²) in [5.41, 5.74) is 1.06. The average molecular weight is 971 g/mol. The summed E-state index contributed by atoms with van der Waals surface area (Å²) in [5, 5.41) is 9.79. The number of aliphatic hydroxyl groups excluding tert-OH is 1. The predicted octanol–water partition coefficient (Wildman–Crippen LogP) is 3.69. The van der Waals surface area contributed by atoms with Crippen molar-refractivity contribution < 1.29 is 87.6 Å². The molecule has 2 atom stereocenters. The number of ether oxygens (including phenoxy) is 3. The number of aliphatic hydroxyl groups is 1. The van der Waals surface area contributed by atoms with Crippen LogP contribution in [0.1, 0.15) is 35.8 Å². The van der Waals surface area contributed by atoms with Gasteiger partial charge < -0.3 is 20.7 Å². The first-order chi connectivity index (χ1) is 30.2. The van der Waals surface area contributed by atoms with E-state index >= 15 is 0 Å². The van der Waals surface area contributed by atoms with Crippen molar-refractivity contribution in [2.24, 2.45) is 0 Å². The van der Waals surface area contributed by atoms with Gasteiger partial charge in [0, 0.05) is 23.5 Å². The molecule has 0 fully saturated rings. The quantitative estimate of drug-likeness (QED) is 0.0823. The van der Waals surface area contributed by atoms with E-state index in [4.69, 9.17) is 14.2 Å². The number of methoxy groups -OCH3 is 3. The Hall–Kier alpha value is -5.26. The zero-order valence-corrected chi connectivity index (χ0v) is 36.4. The standard InChI is InChI=1S/C22H19F3N2O5S.C21H19F3N2O4S.Al.Li.4H/c1-31-19-13-26-10-9-18(19)14-5-3-6-15(11-14)20(21(28)32-2)27-33(29,30)17-8-4-7-16(12-17)22(23,24)25;1-30-20-12-25-9-8-18(20)14-4-2-5-15(10-14)19(13-27)26-31(28,29)17-7-3-6-16(11-17)21(22,23)24;;;;;;/h3-13,20,27H,1-2H3;2-12,19,26-27H,13H2,1H3;;;;;;/q;;;+1;;;;-1. The Morgan fingerprint density at radius 2 is 1.08 bits per heavy atom. The van der Waals surface area contributed by atoms with E-state index in [1.807, 2.05) is 0 Å². The molecule has 2 unspecified atom stereocenters. The number of benzene rings is 4. The van der Waals surface area contributed by atoms with Gasteiger partial charge in [0.15, 0.2) is 17.4 Å². The molecule has 6 aromatic rings. The summed E-state index contributed by atoms with van der Waals surface area (Å²) in [6.45, 7) is -0.602. The largest absolute Gasteiger partial charge is 1.00 e. The van der Waals surface area contributed by atoms with Crippen molar-refractivity contribution in [2.75, 3.05) is 27.9 Å². The molecule has 13 nitrogen and oxygen atoms in total. The zero-order chi connectivity index (χ0) is 46.9. The fourth-order valence-corrected chi connectivity index (χ4v) is 8.59. The third-order valence-corrected chi connectivity index (χ3v) is 12.2. The summed E-state index contributed by atoms with van der Waals surface area (Å²) < 4.78 is 149. The van der Waals surface area contributed by atoms with E-state index in [9.17, 15) is 53.1 Å². The van der Waals surface area contributed by atoms with Crippen LogP contribution < -0.4 is 37.8 Å². The second kappa shape index (κ2) is 23.5. The fourth-order valence-electron chi connectivity index (χ4n) is 6.11. The van der Waals surface area contributed by atoms with Crippen molar-refractivity contribution in [3.63, 3.8) is 0 Å². The topological polar surface area (TPSA) is 183 Å². The maximum atomic E-state index is 13.0. The number of nitrogens with one attached hydrogen (secondary N) is 2. The number of halogens is 6. The summed E-state index contributed by atoms with van der Waals surface area (Å²) >= 11 is 0. The molecule has 0 radical (unpaired) electrons. The van der Waals surface area contributed by atoms with Gasteiger partial charge in [0.25, 0.3) is 0 Å². The second-order valence-corrected chi connectivity index (χ2v) is 16.8. The number of nitrogens with zero attached hydrogens (tertiary/aromatic N) is 2. The predicted molar refractivity (Wildman–Crippen MR) is 232 cm³/mol. The van der Waals surface area contributed by atoms with Crippen LogP contribution in [0.5, 0.6) is 11.5 Å². The van der Waals surface area contributed by atoms with Gasteiger partial charge >= 0.3 is 37.2 Å². The SMILES string of the molecule is COC(=O)C(NS(=O)(=O)c1cccc(C(F)(F)F)c1)c1cccc(-c2ccncc2OC)c1.COc1cnccc1-c1cccc(C(CO)NS(=O)(=O)c2cccc(C(F)(F)F)c2)c1.[AlH3].[H-].[Li+]. The smallest absolute Gasteiger partial charge is 1.00 e. The van der Waals surface area contributed by atoms with Gasteiger partial charge in [-0.2, -0.15) is 31.1 Å². The van der Waals surface area contributed by atoms with Crippen molar-refractivity contribution in [1.29, 1.82) is 0 Å². The Morgan fingerprint density at radius 3 is 1.50 bits per heavy atom. The van der Waals surface area contributed by atoms with Gasteiger partial charge in [-0.3, -0.25) is 9.97 Å². The summed E-state index contributed by atoms with van der Waals surface area (Å²) in [4.78, 5) is 19.2. The van der Waals surface area contributed by atoms with Gasteiger partial charge in [-0.1, -0.05) is 48.5 Å². The maximum absolute atomic E-state index is 13.0. The molecule has 0 spiro atoms. The number of sulfonamides is 2. The fraction of sp³-hybridized carbons (Fsp3) is 0.186. The molecule has 0 saturated carbocycles. The summed E-state index contributed by atoms with van der Waals surface area (Å²) in [6, 6.07) is 20.5. The van der Waals surface area contributed by atoms with Crippen LogP contribution >= 0.6 is 0 Å². The molecule has 0 aliphatic rings. The molecular formula is C43H42AlF6LiN4O9S2. The van der Waals surface area contributed by atoms with Crippen LogP contribution in [0.3, 0.4) is 0 Å². The molecule has 0 saturated heterocycles. The summed E-state index contributed by atoms with van der Waals surface area (Å²) in [7, 11) is -4.83.